The average molecular weight is 376 g/mol. The van der Waals surface area contributed by atoms with Crippen LogP contribution in [0.5, 0.6) is 0 Å². The first-order chi connectivity index (χ1) is 11.9. The summed E-state index contributed by atoms with van der Waals surface area (Å²) in [6, 6.07) is 4.11. The first-order valence-electron chi connectivity index (χ1n) is 8.10. The van der Waals surface area contributed by atoms with E-state index in [2.05, 4.69) is 22.4 Å². The van der Waals surface area contributed by atoms with Crippen molar-refractivity contribution < 1.29 is 4.79 Å². The molecule has 1 aromatic heterocycles. The van der Waals surface area contributed by atoms with E-state index in [0.29, 0.717) is 5.16 Å². The van der Waals surface area contributed by atoms with E-state index < -0.39 is 0 Å². The van der Waals surface area contributed by atoms with E-state index in [-0.39, 0.29) is 17.2 Å². The number of carbonyl (C=O) groups excluding carboxylic acids is 1. The van der Waals surface area contributed by atoms with Gasteiger partial charge in [-0.15, -0.1) is 11.8 Å². The normalized spacial score (nSPS) is 13.0. The smallest absolute Gasteiger partial charge is 0.267 e. The second-order valence-electron chi connectivity index (χ2n) is 6.24. The Morgan fingerprint density at radius 1 is 1.32 bits per heavy atom. The number of hydrogen-bond donors (Lipinski definition) is 1. The Hall–Kier alpha value is -1.73. The summed E-state index contributed by atoms with van der Waals surface area (Å²) in [5.41, 5.74) is 5.00. The van der Waals surface area contributed by atoms with Crippen LogP contribution in [0.1, 0.15) is 22.4 Å². The summed E-state index contributed by atoms with van der Waals surface area (Å²) in [5.74, 6) is 1.03. The number of nitrogens with zero attached hydrogens (tertiary/aromatic N) is 2. The molecule has 0 saturated carbocycles. The fraction of sp³-hybridized carbons (Fsp3) is 0.389. The topological polar surface area (TPSA) is 64.0 Å². The maximum Gasteiger partial charge on any atom is 0.267 e. The molecule has 7 heteroatoms. The fourth-order valence-corrected chi connectivity index (χ4v) is 4.84. The molecule has 132 valence electrons. The lowest BCUT2D eigenvalue weighted by Crippen LogP contribution is -2.23. The van der Waals surface area contributed by atoms with Crippen LogP contribution in [0.4, 0.5) is 5.69 Å². The van der Waals surface area contributed by atoms with Gasteiger partial charge >= 0.3 is 0 Å². The zero-order chi connectivity index (χ0) is 18.1. The number of thioether (sulfide) groups is 2. The number of hydrogen-bond acceptors (Lipinski definition) is 5. The van der Waals surface area contributed by atoms with Crippen LogP contribution < -0.4 is 10.9 Å². The third-order valence-electron chi connectivity index (χ3n) is 4.14. The zero-order valence-electron chi connectivity index (χ0n) is 14.8. The van der Waals surface area contributed by atoms with Crippen molar-refractivity contribution in [3.05, 3.63) is 44.9 Å². The zero-order valence-corrected chi connectivity index (χ0v) is 16.4. The fourth-order valence-electron chi connectivity index (χ4n) is 2.98. The Kier molecular flexibility index (Phi) is 5.24. The molecule has 0 spiro atoms. The van der Waals surface area contributed by atoms with Crippen molar-refractivity contribution in [3.8, 4) is 0 Å². The van der Waals surface area contributed by atoms with Crippen molar-refractivity contribution in [2.75, 3.05) is 16.8 Å². The van der Waals surface area contributed by atoms with Crippen molar-refractivity contribution in [3.63, 3.8) is 0 Å². The summed E-state index contributed by atoms with van der Waals surface area (Å²) in [5, 5.41) is 3.58. The Labute approximate surface area is 155 Å². The van der Waals surface area contributed by atoms with Gasteiger partial charge in [-0.25, -0.2) is 4.98 Å². The Bertz CT molecular complexity index is 883. The van der Waals surface area contributed by atoms with Crippen LogP contribution in [0.15, 0.2) is 27.0 Å². The van der Waals surface area contributed by atoms with Gasteiger partial charge in [0.05, 0.1) is 16.3 Å². The number of aryl methyl sites for hydroxylation is 4. The molecule has 2 heterocycles. The Morgan fingerprint density at radius 2 is 2.00 bits per heavy atom. The molecule has 2 aromatic rings. The predicted molar refractivity (Wildman–Crippen MR) is 104 cm³/mol. The van der Waals surface area contributed by atoms with Gasteiger partial charge in [-0.1, -0.05) is 29.5 Å². The van der Waals surface area contributed by atoms with Crippen molar-refractivity contribution >= 4 is 35.1 Å². The number of aromatic nitrogens is 2. The van der Waals surface area contributed by atoms with Gasteiger partial charge in [0.15, 0.2) is 5.16 Å². The summed E-state index contributed by atoms with van der Waals surface area (Å²) in [6.07, 6.45) is 0.817. The number of anilines is 1. The lowest BCUT2D eigenvalue weighted by Gasteiger charge is -2.13. The van der Waals surface area contributed by atoms with Crippen molar-refractivity contribution in [2.45, 2.75) is 37.2 Å². The molecule has 0 radical (unpaired) electrons. The van der Waals surface area contributed by atoms with Gasteiger partial charge in [0.1, 0.15) is 0 Å². The lowest BCUT2D eigenvalue weighted by molar-refractivity contribution is -0.113. The van der Waals surface area contributed by atoms with Crippen LogP contribution in [-0.4, -0.2) is 27.0 Å². The van der Waals surface area contributed by atoms with E-state index in [1.807, 2.05) is 20.8 Å². The second-order valence-corrected chi connectivity index (χ2v) is 8.29. The minimum absolute atomic E-state index is 0.0133. The Balaban J connectivity index is 1.72. The monoisotopic (exact) mass is 375 g/mol. The molecule has 0 bridgehead atoms. The molecule has 0 saturated heterocycles. The number of carbonyl (C=O) groups is 1. The molecule has 1 aliphatic rings. The Morgan fingerprint density at radius 3 is 2.68 bits per heavy atom. The van der Waals surface area contributed by atoms with E-state index in [0.717, 1.165) is 39.6 Å². The summed E-state index contributed by atoms with van der Waals surface area (Å²) in [6.45, 7) is 6.03. The van der Waals surface area contributed by atoms with Gasteiger partial charge in [-0.3, -0.25) is 14.2 Å². The molecular weight excluding hydrogens is 354 g/mol. The molecule has 1 N–H and O–H groups in total. The van der Waals surface area contributed by atoms with Crippen molar-refractivity contribution in [1.29, 1.82) is 0 Å². The van der Waals surface area contributed by atoms with E-state index >= 15 is 0 Å². The van der Waals surface area contributed by atoms with Crippen molar-refractivity contribution in [1.82, 2.24) is 9.55 Å². The van der Waals surface area contributed by atoms with E-state index in [9.17, 15) is 9.59 Å². The number of nitrogens with one attached hydrogen (secondary N) is 1. The summed E-state index contributed by atoms with van der Waals surface area (Å²) in [7, 11) is 1.71. The molecule has 25 heavy (non-hydrogen) atoms. The van der Waals surface area contributed by atoms with E-state index in [4.69, 9.17) is 0 Å². The van der Waals surface area contributed by atoms with Crippen LogP contribution in [0.25, 0.3) is 0 Å². The van der Waals surface area contributed by atoms with Crippen LogP contribution in [-0.2, 0) is 18.3 Å². The largest absolute Gasteiger partial charge is 0.325 e. The maximum atomic E-state index is 12.4. The minimum atomic E-state index is -0.0934. The number of benzene rings is 1. The highest BCUT2D eigenvalue weighted by Gasteiger charge is 2.20. The molecule has 0 aliphatic carbocycles. The van der Waals surface area contributed by atoms with Crippen LogP contribution in [0.2, 0.25) is 0 Å². The van der Waals surface area contributed by atoms with Crippen LogP contribution >= 0.6 is 23.5 Å². The van der Waals surface area contributed by atoms with Gasteiger partial charge in [0.25, 0.3) is 5.56 Å². The number of fused-ring (bicyclic) bond motifs is 1. The summed E-state index contributed by atoms with van der Waals surface area (Å²) >= 11 is 2.86. The predicted octanol–water partition coefficient (Wildman–Crippen LogP) is 3.08. The van der Waals surface area contributed by atoms with Gasteiger partial charge in [-0.05, 0) is 31.9 Å². The molecule has 1 amide bonds. The van der Waals surface area contributed by atoms with Crippen LogP contribution in [0, 0.1) is 20.8 Å². The maximum absolute atomic E-state index is 12.4. The molecule has 0 atom stereocenters. The third-order valence-corrected chi connectivity index (χ3v) is 6.27. The highest BCUT2D eigenvalue weighted by molar-refractivity contribution is 8.00. The number of rotatable bonds is 4. The highest BCUT2D eigenvalue weighted by Crippen LogP contribution is 2.28. The number of amides is 1. The first kappa shape index (κ1) is 18.1. The highest BCUT2D eigenvalue weighted by atomic mass is 32.2. The third kappa shape index (κ3) is 3.77. The molecule has 3 rings (SSSR count). The van der Waals surface area contributed by atoms with Gasteiger partial charge < -0.3 is 5.32 Å². The molecule has 0 unspecified atom stereocenters. The van der Waals surface area contributed by atoms with Gasteiger partial charge in [-0.2, -0.15) is 0 Å². The summed E-state index contributed by atoms with van der Waals surface area (Å²) in [4.78, 5) is 30.0. The molecule has 5 nitrogen and oxygen atoms in total. The standard InChI is InChI=1S/C18H21N3O2S2/c1-10-7-11(2)15(12(3)8-10)20-14(22)9-25-18-19-13-5-6-24-16(13)17(23)21(18)4/h7-8H,5-6,9H2,1-4H3,(H,20,22). The quantitative estimate of drug-likeness (QED) is 0.657. The van der Waals surface area contributed by atoms with Gasteiger partial charge in [0.2, 0.25) is 5.91 Å². The molecular formula is C18H21N3O2S2. The lowest BCUT2D eigenvalue weighted by atomic mass is 10.1. The van der Waals surface area contributed by atoms with Crippen molar-refractivity contribution in [2.24, 2.45) is 7.05 Å². The van der Waals surface area contributed by atoms with E-state index in [1.165, 1.54) is 21.9 Å². The van der Waals surface area contributed by atoms with E-state index in [1.54, 1.807) is 18.8 Å². The summed E-state index contributed by atoms with van der Waals surface area (Å²) < 4.78 is 1.54. The second kappa shape index (κ2) is 7.25. The molecule has 1 aromatic carbocycles. The minimum Gasteiger partial charge on any atom is -0.325 e. The van der Waals surface area contributed by atoms with Gasteiger partial charge in [0, 0.05) is 24.9 Å². The SMILES string of the molecule is Cc1cc(C)c(NC(=O)CSc2nc3c(c(=O)n2C)SCC3)c(C)c1. The molecule has 1 aliphatic heterocycles. The van der Waals surface area contributed by atoms with Crippen LogP contribution in [0.3, 0.4) is 0 Å². The first-order valence-corrected chi connectivity index (χ1v) is 10.1. The average Bonchev–Trinajstić information content (AvgIpc) is 3.01. The molecule has 0 fully saturated rings.